The van der Waals surface area contributed by atoms with E-state index in [4.69, 9.17) is 28.7 Å². The number of benzene rings is 2. The van der Waals surface area contributed by atoms with E-state index in [1.54, 1.807) is 7.11 Å². The molecular formula is C21H22N2O5. The predicted molar refractivity (Wildman–Crippen MR) is 102 cm³/mol. The fourth-order valence-corrected chi connectivity index (χ4v) is 3.87. The van der Waals surface area contributed by atoms with Gasteiger partial charge in [-0.2, -0.15) is 0 Å². The minimum atomic E-state index is -0.669. The molecule has 7 heteroatoms. The van der Waals surface area contributed by atoms with Gasteiger partial charge in [-0.1, -0.05) is 18.2 Å². The smallest absolute Gasteiger partial charge is 0.186 e. The summed E-state index contributed by atoms with van der Waals surface area (Å²) >= 11 is 0. The van der Waals surface area contributed by atoms with Gasteiger partial charge in [-0.15, -0.1) is 0 Å². The summed E-state index contributed by atoms with van der Waals surface area (Å²) in [6, 6.07) is 13.5. The molecule has 3 aromatic rings. The minimum absolute atomic E-state index is 0.248. The van der Waals surface area contributed by atoms with Gasteiger partial charge in [-0.25, -0.2) is 9.97 Å². The molecule has 0 N–H and O–H groups in total. The Morgan fingerprint density at radius 1 is 0.929 bits per heavy atom. The number of ether oxygens (including phenoxy) is 5. The van der Waals surface area contributed by atoms with Crippen LogP contribution in [0.25, 0.3) is 22.1 Å². The van der Waals surface area contributed by atoms with Gasteiger partial charge >= 0.3 is 0 Å². The van der Waals surface area contributed by atoms with Crippen molar-refractivity contribution in [3.8, 4) is 5.75 Å². The summed E-state index contributed by atoms with van der Waals surface area (Å²) in [4.78, 5) is 9.41. The zero-order valence-corrected chi connectivity index (χ0v) is 16.0. The molecule has 2 saturated heterocycles. The molecule has 5 rings (SSSR count). The molecular weight excluding hydrogens is 360 g/mol. The molecule has 0 aliphatic carbocycles. The summed E-state index contributed by atoms with van der Waals surface area (Å²) in [5.41, 5.74) is 3.20. The van der Waals surface area contributed by atoms with E-state index in [2.05, 4.69) is 4.98 Å². The summed E-state index contributed by atoms with van der Waals surface area (Å²) in [5.74, 6) is -0.00669. The Balaban J connectivity index is 1.41. The van der Waals surface area contributed by atoms with Crippen molar-refractivity contribution in [3.05, 3.63) is 42.5 Å². The lowest BCUT2D eigenvalue weighted by atomic mass is 10.1. The van der Waals surface area contributed by atoms with Crippen LogP contribution in [0.2, 0.25) is 0 Å². The highest BCUT2D eigenvalue weighted by molar-refractivity contribution is 5.89. The second kappa shape index (κ2) is 6.63. The van der Waals surface area contributed by atoms with Crippen LogP contribution in [0.5, 0.6) is 5.75 Å². The molecule has 0 spiro atoms. The van der Waals surface area contributed by atoms with Crippen LogP contribution in [0, 0.1) is 0 Å². The average Bonchev–Trinajstić information content (AvgIpc) is 3.17. The maximum absolute atomic E-state index is 6.10. The van der Waals surface area contributed by atoms with Crippen molar-refractivity contribution in [1.29, 1.82) is 0 Å². The lowest BCUT2D eigenvalue weighted by Crippen LogP contribution is -2.34. The van der Waals surface area contributed by atoms with Crippen molar-refractivity contribution >= 4 is 22.1 Å². The van der Waals surface area contributed by atoms with E-state index in [1.165, 1.54) is 0 Å². The molecule has 4 atom stereocenters. The van der Waals surface area contributed by atoms with Crippen molar-refractivity contribution in [2.24, 2.45) is 0 Å². The normalized spacial score (nSPS) is 28.7. The number of fused-ring (bicyclic) bond motifs is 3. The molecule has 7 nitrogen and oxygen atoms in total. The number of hydrogen-bond acceptors (Lipinski definition) is 7. The van der Waals surface area contributed by atoms with E-state index >= 15 is 0 Å². The van der Waals surface area contributed by atoms with Crippen molar-refractivity contribution < 1.29 is 23.7 Å². The summed E-state index contributed by atoms with van der Waals surface area (Å²) in [6.07, 6.45) is -1.30. The molecule has 2 aromatic carbocycles. The maximum Gasteiger partial charge on any atom is 0.186 e. The first-order valence-electron chi connectivity index (χ1n) is 9.36. The third kappa shape index (κ3) is 3.00. The molecule has 28 heavy (non-hydrogen) atoms. The molecule has 1 aromatic heterocycles. The fraction of sp³-hybridized carbons (Fsp3) is 0.429. The van der Waals surface area contributed by atoms with E-state index < -0.39 is 12.1 Å². The summed E-state index contributed by atoms with van der Waals surface area (Å²) in [5, 5.41) is 0. The molecule has 0 saturated carbocycles. The van der Waals surface area contributed by atoms with E-state index in [9.17, 15) is 0 Å². The first kappa shape index (κ1) is 17.8. The Morgan fingerprint density at radius 2 is 1.64 bits per heavy atom. The third-order valence-electron chi connectivity index (χ3n) is 5.08. The number of methoxy groups -OCH3 is 1. The topological polar surface area (TPSA) is 71.9 Å². The van der Waals surface area contributed by atoms with Crippen LogP contribution in [0.4, 0.5) is 0 Å². The second-order valence-corrected chi connectivity index (χ2v) is 7.49. The zero-order chi connectivity index (χ0) is 19.3. The Bertz CT molecular complexity index is 1020. The van der Waals surface area contributed by atoms with Crippen LogP contribution in [0.3, 0.4) is 0 Å². The quantitative estimate of drug-likeness (QED) is 0.642. The Morgan fingerprint density at radius 3 is 2.43 bits per heavy atom. The summed E-state index contributed by atoms with van der Waals surface area (Å²) < 4.78 is 29.4. The largest absolute Gasteiger partial charge is 0.488 e. The molecule has 2 aliphatic heterocycles. The van der Waals surface area contributed by atoms with E-state index in [0.717, 1.165) is 22.1 Å². The monoisotopic (exact) mass is 382 g/mol. The van der Waals surface area contributed by atoms with Gasteiger partial charge in [0.1, 0.15) is 36.2 Å². The highest BCUT2D eigenvalue weighted by Gasteiger charge is 2.55. The van der Waals surface area contributed by atoms with Crippen LogP contribution < -0.4 is 4.74 Å². The first-order chi connectivity index (χ1) is 13.5. The van der Waals surface area contributed by atoms with Crippen molar-refractivity contribution in [2.75, 3.05) is 13.7 Å². The van der Waals surface area contributed by atoms with Gasteiger partial charge in [0.15, 0.2) is 12.1 Å². The van der Waals surface area contributed by atoms with Gasteiger partial charge in [0.2, 0.25) is 0 Å². The van der Waals surface area contributed by atoms with Crippen LogP contribution in [0.15, 0.2) is 42.5 Å². The number of para-hydroxylation sites is 3. The van der Waals surface area contributed by atoms with E-state index in [1.807, 2.05) is 56.3 Å². The Hall–Kier alpha value is -2.32. The van der Waals surface area contributed by atoms with Gasteiger partial charge in [0.05, 0.1) is 16.6 Å². The van der Waals surface area contributed by atoms with E-state index in [0.29, 0.717) is 12.4 Å². The van der Waals surface area contributed by atoms with Gasteiger partial charge in [0, 0.05) is 7.11 Å². The molecule has 0 bridgehead atoms. The van der Waals surface area contributed by atoms with Gasteiger partial charge in [-0.05, 0) is 38.1 Å². The molecule has 146 valence electrons. The molecule has 4 unspecified atom stereocenters. The van der Waals surface area contributed by atoms with Gasteiger partial charge in [-0.3, -0.25) is 0 Å². The molecule has 0 radical (unpaired) electrons. The third-order valence-corrected chi connectivity index (χ3v) is 5.08. The number of hydrogen-bond donors (Lipinski definition) is 0. The van der Waals surface area contributed by atoms with Crippen LogP contribution in [-0.4, -0.2) is 54.1 Å². The summed E-state index contributed by atoms with van der Waals surface area (Å²) in [6.45, 7) is 4.08. The fourth-order valence-electron chi connectivity index (χ4n) is 3.87. The SMILES string of the molecule is COC1OC(COc2cccc3nc4ccccc4nc23)C2OC(C)(C)OC12. The second-order valence-electron chi connectivity index (χ2n) is 7.49. The Kier molecular flexibility index (Phi) is 4.21. The number of nitrogens with zero attached hydrogens (tertiary/aromatic N) is 2. The highest BCUT2D eigenvalue weighted by Crippen LogP contribution is 2.39. The van der Waals surface area contributed by atoms with Gasteiger partial charge < -0.3 is 23.7 Å². The standard InChI is InChI=1S/C21H22N2O5/c1-21(2)27-18-16(26-20(24-3)19(18)28-21)11-25-15-10-6-9-14-17(15)23-13-8-5-4-7-12(13)22-14/h4-10,16,18-20H,11H2,1-3H3. The molecule has 2 aliphatic rings. The lowest BCUT2D eigenvalue weighted by Gasteiger charge is -2.23. The minimum Gasteiger partial charge on any atom is -0.488 e. The Labute approximate surface area is 162 Å². The molecule has 2 fully saturated rings. The molecule has 0 amide bonds. The summed E-state index contributed by atoms with van der Waals surface area (Å²) in [7, 11) is 1.60. The zero-order valence-electron chi connectivity index (χ0n) is 16.0. The average molecular weight is 382 g/mol. The van der Waals surface area contributed by atoms with Crippen LogP contribution >= 0.6 is 0 Å². The predicted octanol–water partition coefficient (Wildman–Crippen LogP) is 3.05. The first-order valence-corrected chi connectivity index (χ1v) is 9.36. The number of rotatable bonds is 4. The maximum atomic E-state index is 6.10. The highest BCUT2D eigenvalue weighted by atomic mass is 16.8. The van der Waals surface area contributed by atoms with Crippen molar-refractivity contribution in [1.82, 2.24) is 9.97 Å². The number of aromatic nitrogens is 2. The lowest BCUT2D eigenvalue weighted by molar-refractivity contribution is -0.229. The van der Waals surface area contributed by atoms with E-state index in [-0.39, 0.29) is 18.3 Å². The van der Waals surface area contributed by atoms with Crippen LogP contribution in [-0.2, 0) is 18.9 Å². The van der Waals surface area contributed by atoms with Crippen molar-refractivity contribution in [3.63, 3.8) is 0 Å². The van der Waals surface area contributed by atoms with Crippen molar-refractivity contribution in [2.45, 2.75) is 44.2 Å². The van der Waals surface area contributed by atoms with Gasteiger partial charge in [0.25, 0.3) is 0 Å². The molecule has 3 heterocycles. The van der Waals surface area contributed by atoms with Crippen LogP contribution in [0.1, 0.15) is 13.8 Å².